The zero-order chi connectivity index (χ0) is 13.4. The lowest BCUT2D eigenvalue weighted by Crippen LogP contribution is -2.20. The molecule has 2 rings (SSSR count). The van der Waals surface area contributed by atoms with Crippen molar-refractivity contribution in [1.29, 1.82) is 0 Å². The van der Waals surface area contributed by atoms with Crippen LogP contribution in [0.15, 0.2) is 6.07 Å². The van der Waals surface area contributed by atoms with Crippen molar-refractivity contribution in [3.8, 4) is 0 Å². The largest absolute Gasteiger partial charge is 0.388 e. The minimum atomic E-state index is -0.657. The Morgan fingerprint density at radius 3 is 2.78 bits per heavy atom. The third-order valence-corrected chi connectivity index (χ3v) is 4.86. The van der Waals surface area contributed by atoms with Gasteiger partial charge in [0, 0.05) is 24.5 Å². The van der Waals surface area contributed by atoms with Gasteiger partial charge in [-0.25, -0.2) is 0 Å². The zero-order valence-corrected chi connectivity index (χ0v) is 11.6. The van der Waals surface area contributed by atoms with E-state index >= 15 is 0 Å². The van der Waals surface area contributed by atoms with Crippen molar-refractivity contribution in [2.75, 3.05) is 18.5 Å². The predicted molar refractivity (Wildman–Crippen MR) is 72.1 cm³/mol. The highest BCUT2D eigenvalue weighted by Gasteiger charge is 2.35. The van der Waals surface area contributed by atoms with Crippen molar-refractivity contribution in [3.63, 3.8) is 0 Å². The van der Waals surface area contributed by atoms with E-state index in [1.165, 1.54) is 23.8 Å². The monoisotopic (exact) mass is 270 g/mol. The topological polar surface area (TPSA) is 66.6 Å². The second-order valence-corrected chi connectivity index (χ2v) is 6.19. The molecule has 0 bridgehead atoms. The van der Waals surface area contributed by atoms with Gasteiger partial charge < -0.3 is 10.0 Å². The third-order valence-electron chi connectivity index (χ3n) is 3.45. The van der Waals surface area contributed by atoms with Gasteiger partial charge in [-0.05, 0) is 25.2 Å². The Bertz CT molecular complexity index is 458. The maximum Gasteiger partial charge on any atom is 0.304 e. The standard InChI is InChI=1S/C12H18N2O3S/c1-7-4-9(7)6-13(3)12-10(14(16)17)5-11(18-12)8(2)15/h5,7-9,15H,4,6H2,1-3H3/t7?,8-,9?/m0/s1. The maximum atomic E-state index is 11.0. The van der Waals surface area contributed by atoms with Crippen molar-refractivity contribution < 1.29 is 10.0 Å². The van der Waals surface area contributed by atoms with E-state index in [1.54, 1.807) is 6.92 Å². The van der Waals surface area contributed by atoms with Crippen LogP contribution in [0.2, 0.25) is 0 Å². The first-order chi connectivity index (χ1) is 8.40. The fraction of sp³-hybridized carbons (Fsp3) is 0.667. The van der Waals surface area contributed by atoms with E-state index in [9.17, 15) is 15.2 Å². The minimum Gasteiger partial charge on any atom is -0.388 e. The fourth-order valence-electron chi connectivity index (χ4n) is 2.09. The SMILES string of the molecule is CC1CC1CN(C)c1sc([C@H](C)O)cc1[N+](=O)[O-]. The van der Waals surface area contributed by atoms with E-state index in [0.29, 0.717) is 15.8 Å². The molecule has 1 aromatic rings. The second-order valence-electron chi connectivity index (χ2n) is 5.13. The highest BCUT2D eigenvalue weighted by atomic mass is 32.1. The van der Waals surface area contributed by atoms with Gasteiger partial charge in [0.2, 0.25) is 0 Å². The molecule has 0 aromatic carbocycles. The quantitative estimate of drug-likeness (QED) is 0.660. The Labute approximate surface area is 110 Å². The smallest absolute Gasteiger partial charge is 0.304 e. The molecule has 1 saturated carbocycles. The molecule has 0 radical (unpaired) electrons. The molecule has 2 unspecified atom stereocenters. The Kier molecular flexibility index (Phi) is 3.59. The second kappa shape index (κ2) is 4.85. The Morgan fingerprint density at radius 1 is 1.72 bits per heavy atom. The van der Waals surface area contributed by atoms with Crippen molar-refractivity contribution in [1.82, 2.24) is 0 Å². The summed E-state index contributed by atoms with van der Waals surface area (Å²) in [6, 6.07) is 1.48. The molecule has 0 amide bonds. The van der Waals surface area contributed by atoms with Crippen LogP contribution in [0, 0.1) is 22.0 Å². The number of thiophene rings is 1. The average molecular weight is 270 g/mol. The fourth-order valence-corrected chi connectivity index (χ4v) is 3.12. The maximum absolute atomic E-state index is 11.0. The summed E-state index contributed by atoms with van der Waals surface area (Å²) in [5.74, 6) is 1.37. The molecular weight excluding hydrogens is 252 g/mol. The number of anilines is 1. The van der Waals surface area contributed by atoms with Crippen LogP contribution >= 0.6 is 11.3 Å². The molecule has 5 nitrogen and oxygen atoms in total. The number of hydrogen-bond donors (Lipinski definition) is 1. The Morgan fingerprint density at radius 2 is 2.33 bits per heavy atom. The summed E-state index contributed by atoms with van der Waals surface area (Å²) in [6.45, 7) is 4.67. The normalized spacial score (nSPS) is 23.8. The lowest BCUT2D eigenvalue weighted by Gasteiger charge is -2.16. The molecule has 0 saturated heterocycles. The van der Waals surface area contributed by atoms with E-state index in [0.717, 1.165) is 12.5 Å². The van der Waals surface area contributed by atoms with Gasteiger partial charge in [0.1, 0.15) is 0 Å². The molecule has 1 aliphatic carbocycles. The molecule has 0 spiro atoms. The van der Waals surface area contributed by atoms with Crippen LogP contribution in [-0.4, -0.2) is 23.6 Å². The number of aliphatic hydroxyl groups is 1. The van der Waals surface area contributed by atoms with Crippen LogP contribution in [0.25, 0.3) is 0 Å². The lowest BCUT2D eigenvalue weighted by molar-refractivity contribution is -0.383. The molecule has 1 fully saturated rings. The molecule has 6 heteroatoms. The summed E-state index contributed by atoms with van der Waals surface area (Å²) < 4.78 is 0. The van der Waals surface area contributed by atoms with Crippen LogP contribution in [0.4, 0.5) is 10.7 Å². The Balaban J connectivity index is 2.21. The molecule has 1 aliphatic rings. The van der Waals surface area contributed by atoms with Gasteiger partial charge in [0.25, 0.3) is 0 Å². The van der Waals surface area contributed by atoms with Crippen molar-refractivity contribution in [3.05, 3.63) is 21.1 Å². The van der Waals surface area contributed by atoms with E-state index < -0.39 is 6.10 Å². The molecule has 100 valence electrons. The van der Waals surface area contributed by atoms with Gasteiger partial charge in [-0.3, -0.25) is 10.1 Å². The van der Waals surface area contributed by atoms with Gasteiger partial charge in [-0.15, -0.1) is 11.3 Å². The van der Waals surface area contributed by atoms with E-state index in [-0.39, 0.29) is 10.6 Å². The lowest BCUT2D eigenvalue weighted by atomic mass is 10.3. The summed E-state index contributed by atoms with van der Waals surface area (Å²) in [5, 5.41) is 21.2. The molecule has 1 heterocycles. The average Bonchev–Trinajstić information content (AvgIpc) is 2.82. The van der Waals surface area contributed by atoms with E-state index in [2.05, 4.69) is 6.92 Å². The zero-order valence-electron chi connectivity index (χ0n) is 10.8. The number of hydrogen-bond acceptors (Lipinski definition) is 5. The first-order valence-electron chi connectivity index (χ1n) is 6.07. The number of nitrogens with zero attached hydrogens (tertiary/aromatic N) is 2. The summed E-state index contributed by atoms with van der Waals surface area (Å²) in [7, 11) is 1.88. The van der Waals surface area contributed by atoms with Crippen LogP contribution in [0.5, 0.6) is 0 Å². The van der Waals surface area contributed by atoms with Crippen LogP contribution in [0.3, 0.4) is 0 Å². The van der Waals surface area contributed by atoms with Gasteiger partial charge >= 0.3 is 5.69 Å². The van der Waals surface area contributed by atoms with Crippen LogP contribution < -0.4 is 4.90 Å². The summed E-state index contributed by atoms with van der Waals surface area (Å²) in [5.41, 5.74) is 0.103. The Hall–Kier alpha value is -1.14. The number of nitro groups is 1. The molecule has 1 aromatic heterocycles. The summed E-state index contributed by atoms with van der Waals surface area (Å²) >= 11 is 1.31. The van der Waals surface area contributed by atoms with Gasteiger partial charge in [-0.1, -0.05) is 6.92 Å². The van der Waals surface area contributed by atoms with E-state index in [4.69, 9.17) is 0 Å². The molecule has 18 heavy (non-hydrogen) atoms. The summed E-state index contributed by atoms with van der Waals surface area (Å²) in [4.78, 5) is 13.3. The third kappa shape index (κ3) is 2.64. The van der Waals surface area contributed by atoms with Crippen molar-refractivity contribution in [2.24, 2.45) is 11.8 Å². The van der Waals surface area contributed by atoms with Crippen molar-refractivity contribution in [2.45, 2.75) is 26.4 Å². The molecule has 0 aliphatic heterocycles. The van der Waals surface area contributed by atoms with Crippen LogP contribution in [0.1, 0.15) is 31.2 Å². The molecular formula is C12H18N2O3S. The van der Waals surface area contributed by atoms with E-state index in [1.807, 2.05) is 11.9 Å². The van der Waals surface area contributed by atoms with Crippen LogP contribution in [-0.2, 0) is 0 Å². The minimum absolute atomic E-state index is 0.103. The predicted octanol–water partition coefficient (Wildman–Crippen LogP) is 2.80. The van der Waals surface area contributed by atoms with Crippen molar-refractivity contribution >= 4 is 22.0 Å². The first-order valence-corrected chi connectivity index (χ1v) is 6.89. The highest BCUT2D eigenvalue weighted by Crippen LogP contribution is 2.43. The number of rotatable bonds is 5. The molecule has 1 N–H and O–H groups in total. The number of aliphatic hydroxyl groups excluding tert-OH is 1. The van der Waals surface area contributed by atoms with Gasteiger partial charge in [0.05, 0.1) is 11.0 Å². The highest BCUT2D eigenvalue weighted by molar-refractivity contribution is 7.16. The summed E-state index contributed by atoms with van der Waals surface area (Å²) in [6.07, 6.45) is 0.544. The molecule has 3 atom stereocenters. The first kappa shape index (κ1) is 13.3. The van der Waals surface area contributed by atoms with Gasteiger partial charge in [-0.2, -0.15) is 0 Å². The van der Waals surface area contributed by atoms with Gasteiger partial charge in [0.15, 0.2) is 5.00 Å².